The highest BCUT2D eigenvalue weighted by atomic mass is 16.6. The molecule has 1 rings (SSSR count). The van der Waals surface area contributed by atoms with Crippen LogP contribution in [0.2, 0.25) is 0 Å². The van der Waals surface area contributed by atoms with E-state index in [1.165, 1.54) is 12.1 Å². The zero-order valence-electron chi connectivity index (χ0n) is 8.76. The third kappa shape index (κ3) is 4.24. The quantitative estimate of drug-likeness (QED) is 0.412. The Hall–Kier alpha value is -1.66. The number of nitrogens with zero attached hydrogens (tertiary/aromatic N) is 1. The van der Waals surface area contributed by atoms with Crippen molar-refractivity contribution in [1.29, 1.82) is 0 Å². The first-order chi connectivity index (χ1) is 7.74. The fourth-order valence-electron chi connectivity index (χ4n) is 1.16. The lowest BCUT2D eigenvalue weighted by molar-refractivity contribution is -0.384. The van der Waals surface area contributed by atoms with E-state index in [0.29, 0.717) is 25.4 Å². The lowest BCUT2D eigenvalue weighted by atomic mass is 10.3. The number of nitro groups is 1. The molecule has 0 radical (unpaired) electrons. The van der Waals surface area contributed by atoms with Crippen LogP contribution in [0.4, 0.5) is 11.4 Å². The lowest BCUT2D eigenvalue weighted by Gasteiger charge is -2.06. The number of benzene rings is 1. The Bertz CT molecular complexity index is 343. The van der Waals surface area contributed by atoms with Crippen LogP contribution in [-0.4, -0.2) is 36.4 Å². The van der Waals surface area contributed by atoms with Gasteiger partial charge in [0.2, 0.25) is 0 Å². The Morgan fingerprint density at radius 1 is 1.44 bits per heavy atom. The molecule has 6 nitrogen and oxygen atoms in total. The maximum absolute atomic E-state index is 10.5. The van der Waals surface area contributed by atoms with Crippen molar-refractivity contribution in [2.45, 2.75) is 0 Å². The highest BCUT2D eigenvalue weighted by Crippen LogP contribution is 2.16. The number of aliphatic hydroxyl groups is 1. The van der Waals surface area contributed by atoms with Crippen LogP contribution in [0, 0.1) is 10.1 Å². The van der Waals surface area contributed by atoms with Crippen LogP contribution >= 0.6 is 0 Å². The minimum Gasteiger partial charge on any atom is -0.394 e. The average molecular weight is 226 g/mol. The van der Waals surface area contributed by atoms with Crippen molar-refractivity contribution in [3.8, 4) is 0 Å². The number of non-ortho nitro benzene ring substituents is 1. The van der Waals surface area contributed by atoms with Gasteiger partial charge in [-0.15, -0.1) is 0 Å². The SMILES string of the molecule is O=[N+]([O-])c1cccc(NCCOCCO)c1. The Labute approximate surface area is 93.0 Å². The van der Waals surface area contributed by atoms with Crippen LogP contribution in [0.1, 0.15) is 0 Å². The topological polar surface area (TPSA) is 84.6 Å². The molecule has 0 amide bonds. The van der Waals surface area contributed by atoms with Crippen molar-refractivity contribution in [2.75, 3.05) is 31.7 Å². The summed E-state index contributed by atoms with van der Waals surface area (Å²) in [7, 11) is 0. The molecule has 88 valence electrons. The molecule has 0 heterocycles. The first-order valence-corrected chi connectivity index (χ1v) is 4.91. The fourth-order valence-corrected chi connectivity index (χ4v) is 1.16. The molecule has 0 fully saturated rings. The number of hydrogen-bond donors (Lipinski definition) is 2. The van der Waals surface area contributed by atoms with Crippen molar-refractivity contribution in [3.05, 3.63) is 34.4 Å². The number of hydrogen-bond acceptors (Lipinski definition) is 5. The van der Waals surface area contributed by atoms with Crippen LogP contribution in [0.25, 0.3) is 0 Å². The number of nitrogens with one attached hydrogen (secondary N) is 1. The normalized spacial score (nSPS) is 10.1. The number of aliphatic hydroxyl groups excluding tert-OH is 1. The average Bonchev–Trinajstić information content (AvgIpc) is 2.29. The van der Waals surface area contributed by atoms with Crippen molar-refractivity contribution in [3.63, 3.8) is 0 Å². The van der Waals surface area contributed by atoms with E-state index in [-0.39, 0.29) is 12.3 Å². The van der Waals surface area contributed by atoms with Crippen LogP contribution in [0.5, 0.6) is 0 Å². The van der Waals surface area contributed by atoms with Crippen LogP contribution in [0.15, 0.2) is 24.3 Å². The van der Waals surface area contributed by atoms with Crippen LogP contribution in [0.3, 0.4) is 0 Å². The second-order valence-corrected chi connectivity index (χ2v) is 3.07. The van der Waals surface area contributed by atoms with E-state index < -0.39 is 4.92 Å². The molecule has 0 atom stereocenters. The van der Waals surface area contributed by atoms with Crippen molar-refractivity contribution in [1.82, 2.24) is 0 Å². The first-order valence-electron chi connectivity index (χ1n) is 4.91. The molecular formula is C10H14N2O4. The molecule has 1 aromatic carbocycles. The Morgan fingerprint density at radius 3 is 2.94 bits per heavy atom. The van der Waals surface area contributed by atoms with Gasteiger partial charge in [-0.2, -0.15) is 0 Å². The predicted molar refractivity (Wildman–Crippen MR) is 59.5 cm³/mol. The first kappa shape index (κ1) is 12.4. The summed E-state index contributed by atoms with van der Waals surface area (Å²) in [4.78, 5) is 10.1. The van der Waals surface area contributed by atoms with E-state index in [2.05, 4.69) is 5.32 Å². The molecule has 2 N–H and O–H groups in total. The predicted octanol–water partition coefficient (Wildman–Crippen LogP) is 1.02. The molecule has 0 aliphatic rings. The lowest BCUT2D eigenvalue weighted by Crippen LogP contribution is -2.11. The van der Waals surface area contributed by atoms with Gasteiger partial charge in [-0.05, 0) is 6.07 Å². The third-order valence-electron chi connectivity index (χ3n) is 1.87. The second kappa shape index (κ2) is 6.76. The number of anilines is 1. The Morgan fingerprint density at radius 2 is 2.25 bits per heavy atom. The molecule has 0 saturated heterocycles. The van der Waals surface area contributed by atoms with Gasteiger partial charge < -0.3 is 15.2 Å². The van der Waals surface area contributed by atoms with Gasteiger partial charge in [-0.1, -0.05) is 6.07 Å². The number of rotatable bonds is 7. The maximum atomic E-state index is 10.5. The summed E-state index contributed by atoms with van der Waals surface area (Å²) in [5.74, 6) is 0. The highest BCUT2D eigenvalue weighted by Gasteiger charge is 2.04. The Balaban J connectivity index is 2.36. The monoisotopic (exact) mass is 226 g/mol. The number of ether oxygens (including phenoxy) is 1. The highest BCUT2D eigenvalue weighted by molar-refractivity contribution is 5.50. The summed E-state index contributed by atoms with van der Waals surface area (Å²) in [6.45, 7) is 1.29. The van der Waals surface area contributed by atoms with Crippen molar-refractivity contribution < 1.29 is 14.8 Å². The molecule has 0 spiro atoms. The fraction of sp³-hybridized carbons (Fsp3) is 0.400. The minimum atomic E-state index is -0.437. The summed E-state index contributed by atoms with van der Waals surface area (Å²) in [5, 5.41) is 21.9. The van der Waals surface area contributed by atoms with E-state index in [0.717, 1.165) is 0 Å². The second-order valence-electron chi connectivity index (χ2n) is 3.07. The van der Waals surface area contributed by atoms with E-state index in [1.807, 2.05) is 0 Å². The molecule has 0 aromatic heterocycles. The minimum absolute atomic E-state index is 0.00317. The molecule has 0 saturated carbocycles. The van der Waals surface area contributed by atoms with Gasteiger partial charge in [0.1, 0.15) is 0 Å². The van der Waals surface area contributed by atoms with Gasteiger partial charge in [-0.25, -0.2) is 0 Å². The summed E-state index contributed by atoms with van der Waals surface area (Å²) >= 11 is 0. The smallest absolute Gasteiger partial charge is 0.271 e. The molecule has 6 heteroatoms. The summed E-state index contributed by atoms with van der Waals surface area (Å²) in [6.07, 6.45) is 0. The maximum Gasteiger partial charge on any atom is 0.271 e. The van der Waals surface area contributed by atoms with Gasteiger partial charge in [-0.3, -0.25) is 10.1 Å². The van der Waals surface area contributed by atoms with Gasteiger partial charge in [0.05, 0.1) is 24.7 Å². The van der Waals surface area contributed by atoms with E-state index in [9.17, 15) is 10.1 Å². The molecular weight excluding hydrogens is 212 g/mol. The number of nitro benzene ring substituents is 1. The van der Waals surface area contributed by atoms with Gasteiger partial charge >= 0.3 is 0 Å². The largest absolute Gasteiger partial charge is 0.394 e. The summed E-state index contributed by atoms with van der Waals surface area (Å²) in [6, 6.07) is 6.27. The third-order valence-corrected chi connectivity index (χ3v) is 1.87. The summed E-state index contributed by atoms with van der Waals surface area (Å²) in [5.41, 5.74) is 0.739. The van der Waals surface area contributed by atoms with Crippen LogP contribution in [-0.2, 0) is 4.74 Å². The molecule has 0 unspecified atom stereocenters. The van der Waals surface area contributed by atoms with E-state index in [1.54, 1.807) is 12.1 Å². The van der Waals surface area contributed by atoms with E-state index in [4.69, 9.17) is 9.84 Å². The van der Waals surface area contributed by atoms with Crippen LogP contribution < -0.4 is 5.32 Å². The molecule has 16 heavy (non-hydrogen) atoms. The van der Waals surface area contributed by atoms with Gasteiger partial charge in [0.25, 0.3) is 5.69 Å². The molecule has 0 bridgehead atoms. The standard InChI is InChI=1S/C10H14N2O4/c13-5-7-16-6-4-11-9-2-1-3-10(8-9)12(14)15/h1-3,8,11,13H,4-7H2. The van der Waals surface area contributed by atoms with Crippen molar-refractivity contribution in [2.24, 2.45) is 0 Å². The molecule has 0 aliphatic heterocycles. The molecule has 1 aromatic rings. The zero-order chi connectivity index (χ0) is 11.8. The zero-order valence-corrected chi connectivity index (χ0v) is 8.76. The Kier molecular flexibility index (Phi) is 5.24. The summed E-state index contributed by atoms with van der Waals surface area (Å²) < 4.78 is 5.04. The van der Waals surface area contributed by atoms with Gasteiger partial charge in [0.15, 0.2) is 0 Å². The van der Waals surface area contributed by atoms with Crippen molar-refractivity contribution >= 4 is 11.4 Å². The van der Waals surface area contributed by atoms with Gasteiger partial charge in [0, 0.05) is 24.4 Å². The van der Waals surface area contributed by atoms with E-state index >= 15 is 0 Å². The molecule has 0 aliphatic carbocycles.